The van der Waals surface area contributed by atoms with Crippen LogP contribution in [0, 0.1) is 6.92 Å². The van der Waals surface area contributed by atoms with Gasteiger partial charge in [0.15, 0.2) is 0 Å². The van der Waals surface area contributed by atoms with Gasteiger partial charge in [0.2, 0.25) is 0 Å². The first-order valence-corrected chi connectivity index (χ1v) is 6.76. The zero-order chi connectivity index (χ0) is 13.0. The molecule has 1 fully saturated rings. The second-order valence-electron chi connectivity index (χ2n) is 5.25. The molecule has 0 spiro atoms. The van der Waals surface area contributed by atoms with Gasteiger partial charge in [-0.1, -0.05) is 17.7 Å². The number of benzene rings is 1. The van der Waals surface area contributed by atoms with Crippen LogP contribution >= 0.6 is 0 Å². The minimum atomic E-state index is -0.204. The van der Waals surface area contributed by atoms with Crippen molar-refractivity contribution >= 4 is 5.97 Å². The Labute approximate surface area is 109 Å². The SMILES string of the molecule is Cc1cccc(C(=O)O[C@H](C)C[NH+]2CCCC2)c1. The zero-order valence-corrected chi connectivity index (χ0v) is 11.2. The molecule has 0 aromatic heterocycles. The van der Waals surface area contributed by atoms with Crippen LogP contribution in [0.2, 0.25) is 0 Å². The minimum absolute atomic E-state index is 0.00823. The number of likely N-dealkylation sites (tertiary alicyclic amines) is 1. The molecule has 0 aliphatic carbocycles. The predicted octanol–water partition coefficient (Wildman–Crippen LogP) is 1.22. The zero-order valence-electron chi connectivity index (χ0n) is 11.2. The third-order valence-electron chi connectivity index (χ3n) is 3.45. The van der Waals surface area contributed by atoms with E-state index in [9.17, 15) is 4.79 Å². The summed E-state index contributed by atoms with van der Waals surface area (Å²) in [7, 11) is 0. The van der Waals surface area contributed by atoms with Crippen molar-refractivity contribution in [1.82, 2.24) is 0 Å². The number of hydrogen-bond donors (Lipinski definition) is 1. The number of aryl methyl sites for hydroxylation is 1. The van der Waals surface area contributed by atoms with Crippen molar-refractivity contribution < 1.29 is 14.4 Å². The van der Waals surface area contributed by atoms with E-state index in [1.807, 2.05) is 38.1 Å². The summed E-state index contributed by atoms with van der Waals surface area (Å²) in [4.78, 5) is 13.5. The summed E-state index contributed by atoms with van der Waals surface area (Å²) in [5.41, 5.74) is 1.74. The lowest BCUT2D eigenvalue weighted by molar-refractivity contribution is -0.890. The van der Waals surface area contributed by atoms with E-state index < -0.39 is 0 Å². The smallest absolute Gasteiger partial charge is 0.338 e. The number of carbonyl (C=O) groups is 1. The topological polar surface area (TPSA) is 30.7 Å². The third kappa shape index (κ3) is 3.57. The molecule has 3 heteroatoms. The van der Waals surface area contributed by atoms with Crippen molar-refractivity contribution in [2.75, 3.05) is 19.6 Å². The van der Waals surface area contributed by atoms with E-state index >= 15 is 0 Å². The Morgan fingerprint density at radius 3 is 2.78 bits per heavy atom. The lowest BCUT2D eigenvalue weighted by Crippen LogP contribution is -3.11. The quantitative estimate of drug-likeness (QED) is 0.812. The van der Waals surface area contributed by atoms with E-state index in [2.05, 4.69) is 0 Å². The van der Waals surface area contributed by atoms with Gasteiger partial charge < -0.3 is 9.64 Å². The summed E-state index contributed by atoms with van der Waals surface area (Å²) < 4.78 is 5.49. The molecule has 1 aromatic rings. The molecule has 0 amide bonds. The molecule has 0 saturated carbocycles. The highest BCUT2D eigenvalue weighted by Crippen LogP contribution is 2.07. The molecule has 1 aromatic carbocycles. The van der Waals surface area contributed by atoms with E-state index in [0.717, 1.165) is 12.1 Å². The number of nitrogens with one attached hydrogen (secondary N) is 1. The second-order valence-corrected chi connectivity index (χ2v) is 5.25. The highest BCUT2D eigenvalue weighted by molar-refractivity contribution is 5.89. The van der Waals surface area contributed by atoms with Crippen LogP contribution < -0.4 is 4.90 Å². The minimum Gasteiger partial charge on any atom is -0.453 e. The van der Waals surface area contributed by atoms with Crippen LogP contribution in [0.25, 0.3) is 0 Å². The van der Waals surface area contributed by atoms with Gasteiger partial charge in [-0.05, 0) is 26.0 Å². The van der Waals surface area contributed by atoms with Gasteiger partial charge >= 0.3 is 5.97 Å². The van der Waals surface area contributed by atoms with E-state index in [1.165, 1.54) is 25.9 Å². The molecule has 0 radical (unpaired) electrons. The Morgan fingerprint density at radius 2 is 2.11 bits per heavy atom. The Morgan fingerprint density at radius 1 is 1.39 bits per heavy atom. The molecule has 98 valence electrons. The molecule has 3 nitrogen and oxygen atoms in total. The van der Waals surface area contributed by atoms with Gasteiger partial charge in [-0.25, -0.2) is 4.79 Å². The highest BCUT2D eigenvalue weighted by Gasteiger charge is 2.20. The maximum Gasteiger partial charge on any atom is 0.338 e. The Kier molecular flexibility index (Phi) is 4.37. The largest absolute Gasteiger partial charge is 0.453 e. The summed E-state index contributed by atoms with van der Waals surface area (Å²) in [5.74, 6) is -0.204. The molecule has 2 rings (SSSR count). The normalized spacial score (nSPS) is 17.7. The molecular formula is C15H22NO2+. The first-order chi connectivity index (χ1) is 8.65. The van der Waals surface area contributed by atoms with Crippen molar-refractivity contribution in [2.45, 2.75) is 32.8 Å². The van der Waals surface area contributed by atoms with Crippen molar-refractivity contribution in [1.29, 1.82) is 0 Å². The van der Waals surface area contributed by atoms with Gasteiger partial charge in [-0.3, -0.25) is 0 Å². The molecule has 1 heterocycles. The van der Waals surface area contributed by atoms with Crippen LogP contribution in [0.4, 0.5) is 0 Å². The number of ether oxygens (including phenoxy) is 1. The Balaban J connectivity index is 1.86. The van der Waals surface area contributed by atoms with Crippen molar-refractivity contribution in [3.05, 3.63) is 35.4 Å². The number of rotatable bonds is 4. The molecule has 0 bridgehead atoms. The lowest BCUT2D eigenvalue weighted by atomic mass is 10.1. The van der Waals surface area contributed by atoms with Crippen LogP contribution in [0.1, 0.15) is 35.7 Å². The molecule has 18 heavy (non-hydrogen) atoms. The first-order valence-electron chi connectivity index (χ1n) is 6.76. The van der Waals surface area contributed by atoms with Crippen LogP contribution in [0.15, 0.2) is 24.3 Å². The summed E-state index contributed by atoms with van der Waals surface area (Å²) in [6, 6.07) is 7.55. The monoisotopic (exact) mass is 248 g/mol. The maximum atomic E-state index is 11.9. The molecule has 1 N–H and O–H groups in total. The average molecular weight is 248 g/mol. The van der Waals surface area contributed by atoms with Crippen molar-refractivity contribution in [3.8, 4) is 0 Å². The molecule has 0 unspecified atom stereocenters. The highest BCUT2D eigenvalue weighted by atomic mass is 16.5. The van der Waals surface area contributed by atoms with Crippen LogP contribution in [-0.4, -0.2) is 31.7 Å². The number of quaternary nitrogens is 1. The maximum absolute atomic E-state index is 11.9. The van der Waals surface area contributed by atoms with Crippen LogP contribution in [0.3, 0.4) is 0 Å². The van der Waals surface area contributed by atoms with Crippen molar-refractivity contribution in [2.24, 2.45) is 0 Å². The Hall–Kier alpha value is -1.35. The summed E-state index contributed by atoms with van der Waals surface area (Å²) >= 11 is 0. The fraction of sp³-hybridized carbons (Fsp3) is 0.533. The third-order valence-corrected chi connectivity index (χ3v) is 3.45. The second kappa shape index (κ2) is 6.01. The molecular weight excluding hydrogens is 226 g/mol. The average Bonchev–Trinajstić information content (AvgIpc) is 2.81. The van der Waals surface area contributed by atoms with Gasteiger partial charge in [0, 0.05) is 12.8 Å². The van der Waals surface area contributed by atoms with Gasteiger partial charge in [0.25, 0.3) is 0 Å². The van der Waals surface area contributed by atoms with Gasteiger partial charge in [-0.2, -0.15) is 0 Å². The van der Waals surface area contributed by atoms with Crippen LogP contribution in [-0.2, 0) is 4.74 Å². The van der Waals surface area contributed by atoms with E-state index in [-0.39, 0.29) is 12.1 Å². The fourth-order valence-electron chi connectivity index (χ4n) is 2.55. The molecule has 1 aliphatic rings. The van der Waals surface area contributed by atoms with Crippen LogP contribution in [0.5, 0.6) is 0 Å². The summed E-state index contributed by atoms with van der Waals surface area (Å²) in [6.45, 7) is 7.32. The van der Waals surface area contributed by atoms with Crippen molar-refractivity contribution in [3.63, 3.8) is 0 Å². The lowest BCUT2D eigenvalue weighted by Gasteiger charge is -2.18. The standard InChI is InChI=1S/C15H21NO2/c1-12-6-5-7-14(10-12)15(17)18-13(2)11-16-8-3-4-9-16/h5-7,10,13H,3-4,8-9,11H2,1-2H3/p+1/t13-/m1/s1. The summed E-state index contributed by atoms with van der Waals surface area (Å²) in [5, 5.41) is 0. The van der Waals surface area contributed by atoms with Gasteiger partial charge in [-0.15, -0.1) is 0 Å². The van der Waals surface area contributed by atoms with Gasteiger partial charge in [0.05, 0.1) is 18.7 Å². The number of esters is 1. The number of hydrogen-bond acceptors (Lipinski definition) is 2. The molecule has 1 aliphatic heterocycles. The first kappa shape index (κ1) is 13.1. The summed E-state index contributed by atoms with van der Waals surface area (Å²) in [6.07, 6.45) is 2.59. The predicted molar refractivity (Wildman–Crippen MR) is 70.9 cm³/mol. The fourth-order valence-corrected chi connectivity index (χ4v) is 2.55. The molecule has 1 saturated heterocycles. The van der Waals surface area contributed by atoms with E-state index in [0.29, 0.717) is 5.56 Å². The molecule has 1 atom stereocenters. The van der Waals surface area contributed by atoms with Gasteiger partial charge in [0.1, 0.15) is 12.6 Å². The Bertz CT molecular complexity index is 411. The van der Waals surface area contributed by atoms with E-state index in [4.69, 9.17) is 4.74 Å². The van der Waals surface area contributed by atoms with E-state index in [1.54, 1.807) is 4.90 Å². The number of carbonyl (C=O) groups excluding carboxylic acids is 1.